The highest BCUT2D eigenvalue weighted by Gasteiger charge is 2.19. The van der Waals surface area contributed by atoms with Crippen molar-refractivity contribution in [1.82, 2.24) is 4.57 Å². The molecule has 0 atom stereocenters. The van der Waals surface area contributed by atoms with Crippen molar-refractivity contribution in [3.63, 3.8) is 0 Å². The molecule has 1 aromatic heterocycles. The first-order valence-corrected chi connectivity index (χ1v) is 16.4. The molecule has 48 heavy (non-hydrogen) atoms. The summed E-state index contributed by atoms with van der Waals surface area (Å²) in [6.45, 7) is 8.17. The smallest absolute Gasteiger partial charge is 0.195 e. The molecule has 0 unspecified atom stereocenters. The summed E-state index contributed by atoms with van der Waals surface area (Å²) in [5.41, 5.74) is 11.1. The van der Waals surface area contributed by atoms with E-state index in [1.807, 2.05) is 6.07 Å². The van der Waals surface area contributed by atoms with Crippen molar-refractivity contribution >= 4 is 49.0 Å². The van der Waals surface area contributed by atoms with Gasteiger partial charge in [0.1, 0.15) is 0 Å². The second-order valence-corrected chi connectivity index (χ2v) is 12.3. The van der Waals surface area contributed by atoms with Crippen LogP contribution in [0.4, 0.5) is 5.69 Å². The Kier molecular flexibility index (Phi) is 6.63. The molecular weight excluding hydrogens is 581 g/mol. The van der Waals surface area contributed by atoms with Crippen molar-refractivity contribution in [1.29, 1.82) is 0 Å². The van der Waals surface area contributed by atoms with Crippen LogP contribution < -0.4 is 0 Å². The van der Waals surface area contributed by atoms with Crippen molar-refractivity contribution in [3.05, 3.63) is 192 Å². The van der Waals surface area contributed by atoms with Crippen LogP contribution in [0.3, 0.4) is 0 Å². The molecule has 0 bridgehead atoms. The van der Waals surface area contributed by atoms with Crippen LogP contribution >= 0.6 is 0 Å². The highest BCUT2D eigenvalue weighted by Crippen LogP contribution is 2.42. The van der Waals surface area contributed by atoms with Crippen LogP contribution in [0.25, 0.3) is 76.1 Å². The van der Waals surface area contributed by atoms with Gasteiger partial charge in [0.15, 0.2) is 5.69 Å². The lowest BCUT2D eigenvalue weighted by Crippen LogP contribution is -1.98. The molecule has 2 nitrogen and oxygen atoms in total. The zero-order valence-corrected chi connectivity index (χ0v) is 26.3. The molecule has 224 valence electrons. The standard InChI is InChI=1S/C46H30N2/c1-47-43-28-27-33(48-44-25-13-11-21-37(44)38-22-12-14-26-45(38)48)30-42(43)34-18-6-5-17-32(34)29-41-35-19-7-9-23-39(35)46(31-15-3-2-4-16-31)40-24-10-8-20-36(40)41/h2-28,30H,29H2. The summed E-state index contributed by atoms with van der Waals surface area (Å²) in [6, 6.07) is 60.4. The van der Waals surface area contributed by atoms with Gasteiger partial charge < -0.3 is 4.57 Å². The van der Waals surface area contributed by atoms with Crippen LogP contribution in [0.2, 0.25) is 0 Å². The first-order chi connectivity index (χ1) is 23.8. The Bertz CT molecular complexity index is 2600. The number of para-hydroxylation sites is 2. The Labute approximate surface area is 279 Å². The summed E-state index contributed by atoms with van der Waals surface area (Å²) in [5, 5.41) is 7.47. The van der Waals surface area contributed by atoms with E-state index in [0.29, 0.717) is 5.69 Å². The number of aromatic nitrogens is 1. The second-order valence-electron chi connectivity index (χ2n) is 12.3. The Balaban J connectivity index is 1.25. The van der Waals surface area contributed by atoms with Crippen molar-refractivity contribution in [2.45, 2.75) is 6.42 Å². The summed E-state index contributed by atoms with van der Waals surface area (Å²) >= 11 is 0. The molecule has 9 aromatic rings. The maximum Gasteiger partial charge on any atom is 0.195 e. The molecule has 0 amide bonds. The molecule has 9 rings (SSSR count). The lowest BCUT2D eigenvalue weighted by molar-refractivity contribution is 1.18. The van der Waals surface area contributed by atoms with Gasteiger partial charge in [-0.1, -0.05) is 146 Å². The highest BCUT2D eigenvalue weighted by atomic mass is 15.0. The van der Waals surface area contributed by atoms with Gasteiger partial charge in [-0.15, -0.1) is 0 Å². The quantitative estimate of drug-likeness (QED) is 0.135. The molecule has 0 aliphatic heterocycles. The van der Waals surface area contributed by atoms with Crippen molar-refractivity contribution in [3.8, 4) is 27.9 Å². The predicted octanol–water partition coefficient (Wildman–Crippen LogP) is 12.6. The maximum atomic E-state index is 8.17. The second kappa shape index (κ2) is 11.4. The van der Waals surface area contributed by atoms with E-state index in [0.717, 1.165) is 34.3 Å². The molecule has 0 spiro atoms. The summed E-state index contributed by atoms with van der Waals surface area (Å²) in [7, 11) is 0. The maximum absolute atomic E-state index is 8.17. The molecule has 2 heteroatoms. The summed E-state index contributed by atoms with van der Waals surface area (Å²) in [6.07, 6.45) is 0.739. The van der Waals surface area contributed by atoms with E-state index in [1.165, 1.54) is 54.6 Å². The zero-order valence-electron chi connectivity index (χ0n) is 26.3. The van der Waals surface area contributed by atoms with E-state index in [1.54, 1.807) is 0 Å². The Hall–Kier alpha value is -6.43. The average molecular weight is 611 g/mol. The normalized spacial score (nSPS) is 11.4. The Morgan fingerprint density at radius 2 is 0.979 bits per heavy atom. The number of rotatable bonds is 5. The average Bonchev–Trinajstić information content (AvgIpc) is 3.49. The lowest BCUT2D eigenvalue weighted by Gasteiger charge is -2.19. The van der Waals surface area contributed by atoms with E-state index in [-0.39, 0.29) is 0 Å². The summed E-state index contributed by atoms with van der Waals surface area (Å²) < 4.78 is 2.33. The molecule has 0 N–H and O–H groups in total. The molecular formula is C46H30N2. The molecule has 0 aliphatic rings. The highest BCUT2D eigenvalue weighted by molar-refractivity contribution is 6.15. The number of nitrogens with zero attached hydrogens (tertiary/aromatic N) is 2. The molecule has 8 aromatic carbocycles. The third-order valence-electron chi connectivity index (χ3n) is 9.72. The third-order valence-corrected chi connectivity index (χ3v) is 9.72. The first kappa shape index (κ1) is 27.8. The zero-order chi connectivity index (χ0) is 32.0. The first-order valence-electron chi connectivity index (χ1n) is 16.4. The van der Waals surface area contributed by atoms with E-state index in [2.05, 4.69) is 173 Å². The van der Waals surface area contributed by atoms with Crippen LogP contribution in [-0.4, -0.2) is 4.57 Å². The van der Waals surface area contributed by atoms with Crippen molar-refractivity contribution < 1.29 is 0 Å². The minimum absolute atomic E-state index is 0.654. The van der Waals surface area contributed by atoms with Crippen molar-refractivity contribution in [2.75, 3.05) is 0 Å². The molecule has 0 fully saturated rings. The van der Waals surface area contributed by atoms with Gasteiger partial charge in [-0.3, -0.25) is 0 Å². The SMILES string of the molecule is [C-]#[N+]c1ccc(-n2c3ccccc3c3ccccc32)cc1-c1ccccc1Cc1c2ccccc2c(-c2ccccc2)c2ccccc12. The third kappa shape index (κ3) is 4.41. The number of hydrogen-bond acceptors (Lipinski definition) is 0. The monoisotopic (exact) mass is 610 g/mol. The van der Waals surface area contributed by atoms with Gasteiger partial charge >= 0.3 is 0 Å². The van der Waals surface area contributed by atoms with Gasteiger partial charge in [-0.2, -0.15) is 0 Å². The predicted molar refractivity (Wildman–Crippen MR) is 202 cm³/mol. The fraction of sp³-hybridized carbons (Fsp3) is 0.0217. The minimum atomic E-state index is 0.654. The topological polar surface area (TPSA) is 9.29 Å². The van der Waals surface area contributed by atoms with Crippen LogP contribution in [-0.2, 0) is 6.42 Å². The van der Waals surface area contributed by atoms with Gasteiger partial charge in [0.05, 0.1) is 17.6 Å². The minimum Gasteiger partial charge on any atom is -0.309 e. The lowest BCUT2D eigenvalue weighted by atomic mass is 9.85. The largest absolute Gasteiger partial charge is 0.309 e. The molecule has 1 heterocycles. The fourth-order valence-corrected chi connectivity index (χ4v) is 7.63. The van der Waals surface area contributed by atoms with Gasteiger partial charge in [-0.25, -0.2) is 4.85 Å². The van der Waals surface area contributed by atoms with Crippen LogP contribution in [0.5, 0.6) is 0 Å². The van der Waals surface area contributed by atoms with Gasteiger partial charge in [-0.05, 0) is 85.6 Å². The Morgan fingerprint density at radius 3 is 1.60 bits per heavy atom. The van der Waals surface area contributed by atoms with Gasteiger partial charge in [0, 0.05) is 16.5 Å². The van der Waals surface area contributed by atoms with Gasteiger partial charge in [0.2, 0.25) is 0 Å². The fourth-order valence-electron chi connectivity index (χ4n) is 7.63. The van der Waals surface area contributed by atoms with E-state index < -0.39 is 0 Å². The van der Waals surface area contributed by atoms with Crippen LogP contribution in [0, 0.1) is 6.57 Å². The molecule has 0 aliphatic carbocycles. The number of fused-ring (bicyclic) bond motifs is 5. The van der Waals surface area contributed by atoms with E-state index in [4.69, 9.17) is 6.57 Å². The summed E-state index contributed by atoms with van der Waals surface area (Å²) in [4.78, 5) is 4.03. The molecule has 0 saturated carbocycles. The number of hydrogen-bond donors (Lipinski definition) is 0. The molecule has 0 radical (unpaired) electrons. The van der Waals surface area contributed by atoms with E-state index in [9.17, 15) is 0 Å². The number of benzene rings is 8. The van der Waals surface area contributed by atoms with Crippen molar-refractivity contribution in [2.24, 2.45) is 0 Å². The summed E-state index contributed by atoms with van der Waals surface area (Å²) in [5.74, 6) is 0. The van der Waals surface area contributed by atoms with Crippen LogP contribution in [0.1, 0.15) is 11.1 Å². The van der Waals surface area contributed by atoms with E-state index >= 15 is 0 Å². The van der Waals surface area contributed by atoms with Crippen LogP contribution in [0.15, 0.2) is 170 Å². The van der Waals surface area contributed by atoms with Gasteiger partial charge in [0.25, 0.3) is 0 Å². The Morgan fingerprint density at radius 1 is 0.458 bits per heavy atom. The molecule has 0 saturated heterocycles.